The molecule has 0 saturated carbocycles. The normalized spacial score (nSPS) is 10.3. The third-order valence-corrected chi connectivity index (χ3v) is 2.55. The van der Waals surface area contributed by atoms with Gasteiger partial charge in [-0.25, -0.2) is 13.8 Å². The average Bonchev–Trinajstić information content (AvgIpc) is 2.37. The van der Waals surface area contributed by atoms with Crippen molar-refractivity contribution in [2.75, 3.05) is 11.1 Å². The van der Waals surface area contributed by atoms with Gasteiger partial charge in [0.15, 0.2) is 11.6 Å². The zero-order chi connectivity index (χ0) is 14.0. The summed E-state index contributed by atoms with van der Waals surface area (Å²) in [5.41, 5.74) is 6.69. The molecule has 1 amide bonds. The van der Waals surface area contributed by atoms with Gasteiger partial charge in [-0.2, -0.15) is 0 Å². The van der Waals surface area contributed by atoms with E-state index >= 15 is 0 Å². The quantitative estimate of drug-likeness (QED) is 0.874. The summed E-state index contributed by atoms with van der Waals surface area (Å²) >= 11 is 0. The van der Waals surface area contributed by atoms with Crippen LogP contribution in [0.15, 0.2) is 30.3 Å². The zero-order valence-electron chi connectivity index (χ0n) is 10.1. The van der Waals surface area contributed by atoms with Crippen molar-refractivity contribution in [2.45, 2.75) is 6.92 Å². The molecule has 98 valence electrons. The minimum absolute atomic E-state index is 0.00942. The molecule has 0 atom stereocenters. The monoisotopic (exact) mass is 263 g/mol. The lowest BCUT2D eigenvalue weighted by molar-refractivity contribution is 0.102. The van der Waals surface area contributed by atoms with Gasteiger partial charge in [0.2, 0.25) is 0 Å². The summed E-state index contributed by atoms with van der Waals surface area (Å²) in [6.07, 6.45) is 0. The fourth-order valence-corrected chi connectivity index (χ4v) is 1.47. The van der Waals surface area contributed by atoms with Crippen LogP contribution in [0.4, 0.5) is 20.3 Å². The maximum absolute atomic E-state index is 13.0. The number of aryl methyl sites for hydroxylation is 1. The molecule has 6 heteroatoms. The number of carbonyl (C=O) groups is 1. The molecule has 0 saturated heterocycles. The molecular weight excluding hydrogens is 252 g/mol. The van der Waals surface area contributed by atoms with Crippen LogP contribution >= 0.6 is 0 Å². The van der Waals surface area contributed by atoms with Crippen molar-refractivity contribution < 1.29 is 13.6 Å². The van der Waals surface area contributed by atoms with E-state index in [1.54, 1.807) is 13.0 Å². The van der Waals surface area contributed by atoms with E-state index in [1.807, 2.05) is 0 Å². The Morgan fingerprint density at radius 2 is 1.95 bits per heavy atom. The Hall–Kier alpha value is -2.50. The van der Waals surface area contributed by atoms with Crippen LogP contribution in [0, 0.1) is 18.6 Å². The van der Waals surface area contributed by atoms with Gasteiger partial charge < -0.3 is 11.1 Å². The van der Waals surface area contributed by atoms with Crippen LogP contribution in [0.5, 0.6) is 0 Å². The van der Waals surface area contributed by atoms with Crippen molar-refractivity contribution in [1.82, 2.24) is 4.98 Å². The standard InChI is InChI=1S/C13H11F2N3O/c1-7-11(16)4-5-12(17-7)18-13(19)8-2-3-9(14)10(15)6-8/h2-6H,16H2,1H3,(H,17,18,19). The van der Waals surface area contributed by atoms with Gasteiger partial charge in [-0.15, -0.1) is 0 Å². The van der Waals surface area contributed by atoms with Crippen LogP contribution < -0.4 is 11.1 Å². The van der Waals surface area contributed by atoms with Gasteiger partial charge in [-0.3, -0.25) is 4.79 Å². The third kappa shape index (κ3) is 2.85. The van der Waals surface area contributed by atoms with E-state index in [0.717, 1.165) is 12.1 Å². The first-order valence-electron chi connectivity index (χ1n) is 5.47. The highest BCUT2D eigenvalue weighted by molar-refractivity contribution is 6.03. The molecule has 1 aromatic carbocycles. The largest absolute Gasteiger partial charge is 0.397 e. The predicted octanol–water partition coefficient (Wildman–Crippen LogP) is 2.50. The molecule has 2 rings (SSSR count). The molecule has 2 aromatic rings. The van der Waals surface area contributed by atoms with E-state index in [0.29, 0.717) is 17.2 Å². The van der Waals surface area contributed by atoms with Crippen molar-refractivity contribution in [3.8, 4) is 0 Å². The number of nitrogens with one attached hydrogen (secondary N) is 1. The molecule has 3 N–H and O–H groups in total. The number of hydrogen-bond donors (Lipinski definition) is 2. The molecule has 1 aromatic heterocycles. The Labute approximate surface area is 108 Å². The summed E-state index contributed by atoms with van der Waals surface area (Å²) in [4.78, 5) is 15.9. The number of nitrogens with two attached hydrogens (primary N) is 1. The highest BCUT2D eigenvalue weighted by atomic mass is 19.2. The number of rotatable bonds is 2. The van der Waals surface area contributed by atoms with Crippen molar-refractivity contribution in [3.05, 3.63) is 53.2 Å². The van der Waals surface area contributed by atoms with Gasteiger partial charge in [0.05, 0.1) is 11.4 Å². The second-order valence-electron chi connectivity index (χ2n) is 3.95. The summed E-state index contributed by atoms with van der Waals surface area (Å²) in [7, 11) is 0. The zero-order valence-corrected chi connectivity index (χ0v) is 10.1. The molecule has 0 spiro atoms. The fourth-order valence-electron chi connectivity index (χ4n) is 1.47. The van der Waals surface area contributed by atoms with Gasteiger partial charge in [-0.1, -0.05) is 0 Å². The van der Waals surface area contributed by atoms with Crippen LogP contribution in [0.1, 0.15) is 16.1 Å². The minimum atomic E-state index is -1.07. The lowest BCUT2D eigenvalue weighted by Crippen LogP contribution is -2.14. The van der Waals surface area contributed by atoms with Crippen molar-refractivity contribution in [3.63, 3.8) is 0 Å². The fraction of sp³-hybridized carbons (Fsp3) is 0.0769. The van der Waals surface area contributed by atoms with Crippen molar-refractivity contribution >= 4 is 17.4 Å². The van der Waals surface area contributed by atoms with Gasteiger partial charge in [0.1, 0.15) is 5.82 Å². The SMILES string of the molecule is Cc1nc(NC(=O)c2ccc(F)c(F)c2)ccc1N. The minimum Gasteiger partial charge on any atom is -0.397 e. The molecular formula is C13H11F2N3O. The smallest absolute Gasteiger partial charge is 0.256 e. The van der Waals surface area contributed by atoms with E-state index < -0.39 is 17.5 Å². The average molecular weight is 263 g/mol. The van der Waals surface area contributed by atoms with Crippen molar-refractivity contribution in [2.24, 2.45) is 0 Å². The van der Waals surface area contributed by atoms with Crippen LogP contribution in [0.25, 0.3) is 0 Å². The molecule has 0 unspecified atom stereocenters. The Bertz CT molecular complexity index is 644. The highest BCUT2D eigenvalue weighted by Crippen LogP contribution is 2.14. The lowest BCUT2D eigenvalue weighted by atomic mass is 10.2. The number of benzene rings is 1. The molecule has 19 heavy (non-hydrogen) atoms. The van der Waals surface area contributed by atoms with Gasteiger partial charge in [0.25, 0.3) is 5.91 Å². The third-order valence-electron chi connectivity index (χ3n) is 2.55. The summed E-state index contributed by atoms with van der Waals surface area (Å²) in [5, 5.41) is 2.48. The number of nitrogens with zero attached hydrogens (tertiary/aromatic N) is 1. The predicted molar refractivity (Wildman–Crippen MR) is 67.7 cm³/mol. The van der Waals surface area contributed by atoms with E-state index in [4.69, 9.17) is 5.73 Å². The first kappa shape index (κ1) is 12.9. The molecule has 4 nitrogen and oxygen atoms in total. The summed E-state index contributed by atoms with van der Waals surface area (Å²) < 4.78 is 25.8. The maximum atomic E-state index is 13.0. The van der Waals surface area contributed by atoms with Crippen molar-refractivity contribution in [1.29, 1.82) is 0 Å². The number of carbonyl (C=O) groups excluding carboxylic acids is 1. The van der Waals surface area contributed by atoms with E-state index in [1.165, 1.54) is 12.1 Å². The first-order valence-corrected chi connectivity index (χ1v) is 5.47. The van der Waals surface area contributed by atoms with E-state index in [2.05, 4.69) is 10.3 Å². The Kier molecular flexibility index (Phi) is 3.41. The lowest BCUT2D eigenvalue weighted by Gasteiger charge is -2.06. The second-order valence-corrected chi connectivity index (χ2v) is 3.95. The Morgan fingerprint density at radius 1 is 1.21 bits per heavy atom. The number of pyridine rings is 1. The van der Waals surface area contributed by atoms with Gasteiger partial charge in [0, 0.05) is 5.56 Å². The molecule has 0 radical (unpaired) electrons. The molecule has 0 bridgehead atoms. The Balaban J connectivity index is 2.20. The molecule has 0 fully saturated rings. The number of hydrogen-bond acceptors (Lipinski definition) is 3. The molecule has 0 aliphatic rings. The second kappa shape index (κ2) is 5.01. The number of nitrogen functional groups attached to an aromatic ring is 1. The summed E-state index contributed by atoms with van der Waals surface area (Å²) in [6.45, 7) is 1.70. The topological polar surface area (TPSA) is 68.0 Å². The van der Waals surface area contributed by atoms with Crippen LogP contribution in [-0.2, 0) is 0 Å². The van der Waals surface area contributed by atoms with Crippen LogP contribution in [-0.4, -0.2) is 10.9 Å². The molecule has 1 heterocycles. The van der Waals surface area contributed by atoms with Gasteiger partial charge >= 0.3 is 0 Å². The molecule has 0 aliphatic carbocycles. The number of halogens is 2. The van der Waals surface area contributed by atoms with E-state index in [9.17, 15) is 13.6 Å². The maximum Gasteiger partial charge on any atom is 0.256 e. The van der Waals surface area contributed by atoms with Crippen LogP contribution in [0.2, 0.25) is 0 Å². The van der Waals surface area contributed by atoms with E-state index in [-0.39, 0.29) is 5.56 Å². The van der Waals surface area contributed by atoms with Gasteiger partial charge in [-0.05, 0) is 37.3 Å². The number of amides is 1. The first-order chi connectivity index (χ1) is 8.97. The molecule has 0 aliphatic heterocycles. The number of anilines is 2. The Morgan fingerprint density at radius 3 is 2.58 bits per heavy atom. The summed E-state index contributed by atoms with van der Waals surface area (Å²) in [6, 6.07) is 6.04. The van der Waals surface area contributed by atoms with Crippen LogP contribution in [0.3, 0.4) is 0 Å². The summed E-state index contributed by atoms with van der Waals surface area (Å²) in [5.74, 6) is -2.36. The number of aromatic nitrogens is 1. The highest BCUT2D eigenvalue weighted by Gasteiger charge is 2.10.